The summed E-state index contributed by atoms with van der Waals surface area (Å²) in [6.45, 7) is 4.23. The topological polar surface area (TPSA) is 67.8 Å². The molecular weight excluding hydrogens is 308 g/mol. The van der Waals surface area contributed by atoms with E-state index in [1.165, 1.54) is 0 Å². The molecule has 24 heavy (non-hydrogen) atoms. The highest BCUT2D eigenvalue weighted by Crippen LogP contribution is 2.36. The van der Waals surface area contributed by atoms with E-state index >= 15 is 0 Å². The predicted molar refractivity (Wildman–Crippen MR) is 87.7 cm³/mol. The van der Waals surface area contributed by atoms with Crippen LogP contribution in [0.25, 0.3) is 0 Å². The number of anilines is 1. The van der Waals surface area contributed by atoms with Gasteiger partial charge in [-0.1, -0.05) is 0 Å². The monoisotopic (exact) mass is 332 g/mol. The lowest BCUT2D eigenvalue weighted by atomic mass is 9.85. The molecule has 4 heterocycles. The van der Waals surface area contributed by atoms with Gasteiger partial charge in [-0.2, -0.15) is 0 Å². The van der Waals surface area contributed by atoms with E-state index in [2.05, 4.69) is 14.9 Å². The van der Waals surface area contributed by atoms with Gasteiger partial charge in [-0.15, -0.1) is 0 Å². The second-order valence-electron chi connectivity index (χ2n) is 6.95. The van der Waals surface area contributed by atoms with Crippen molar-refractivity contribution in [2.24, 2.45) is 0 Å². The van der Waals surface area contributed by atoms with Crippen molar-refractivity contribution in [1.29, 1.82) is 0 Å². The van der Waals surface area contributed by atoms with Crippen molar-refractivity contribution in [3.8, 4) is 0 Å². The van der Waals surface area contributed by atoms with Crippen LogP contribution in [0.2, 0.25) is 0 Å². The van der Waals surface area contributed by atoms with Crippen LogP contribution in [0.4, 0.5) is 5.95 Å². The zero-order valence-electron chi connectivity index (χ0n) is 13.9. The van der Waals surface area contributed by atoms with Crippen LogP contribution in [-0.4, -0.2) is 71.9 Å². The summed E-state index contributed by atoms with van der Waals surface area (Å²) in [7, 11) is 0. The molecule has 3 fully saturated rings. The average molecular weight is 332 g/mol. The van der Waals surface area contributed by atoms with Gasteiger partial charge in [0, 0.05) is 38.5 Å². The number of carbonyl (C=O) groups excluding carboxylic acids is 1. The average Bonchev–Trinajstić information content (AvgIpc) is 3.13. The molecule has 0 unspecified atom stereocenters. The van der Waals surface area contributed by atoms with Gasteiger partial charge in [-0.3, -0.25) is 4.79 Å². The Morgan fingerprint density at radius 3 is 2.79 bits per heavy atom. The van der Waals surface area contributed by atoms with Gasteiger partial charge >= 0.3 is 0 Å². The fourth-order valence-corrected chi connectivity index (χ4v) is 3.84. The molecule has 1 spiro atoms. The number of carbonyl (C=O) groups is 1. The van der Waals surface area contributed by atoms with Gasteiger partial charge in [0.05, 0.1) is 19.2 Å². The summed E-state index contributed by atoms with van der Waals surface area (Å²) in [6, 6.07) is 1.82. The third-order valence-corrected chi connectivity index (χ3v) is 5.14. The Morgan fingerprint density at radius 1 is 1.29 bits per heavy atom. The molecule has 0 N–H and O–H groups in total. The normalized spacial score (nSPS) is 25.8. The third-order valence-electron chi connectivity index (χ3n) is 5.14. The van der Waals surface area contributed by atoms with Crippen molar-refractivity contribution in [2.45, 2.75) is 37.4 Å². The van der Waals surface area contributed by atoms with Crippen LogP contribution < -0.4 is 4.90 Å². The maximum atomic E-state index is 12.1. The molecule has 3 aliphatic rings. The fraction of sp³-hybridized carbons (Fsp3) is 0.706. The van der Waals surface area contributed by atoms with Crippen LogP contribution in [0.3, 0.4) is 0 Å². The molecule has 7 nitrogen and oxygen atoms in total. The maximum Gasteiger partial charge on any atom is 0.248 e. The minimum atomic E-state index is -0.168. The van der Waals surface area contributed by atoms with Crippen LogP contribution in [0.1, 0.15) is 25.7 Å². The SMILES string of the molecule is O=C(CO[C@@H]1CCOC2(C1)CN(c1ncccn1)C2)N1CCCC1. The largest absolute Gasteiger partial charge is 0.371 e. The van der Waals surface area contributed by atoms with E-state index in [0.29, 0.717) is 6.61 Å². The third kappa shape index (κ3) is 3.23. The molecule has 130 valence electrons. The van der Waals surface area contributed by atoms with Crippen LogP contribution >= 0.6 is 0 Å². The van der Waals surface area contributed by atoms with Gasteiger partial charge < -0.3 is 19.3 Å². The molecule has 1 atom stereocenters. The molecule has 4 rings (SSSR count). The van der Waals surface area contributed by atoms with E-state index in [1.807, 2.05) is 11.0 Å². The quantitative estimate of drug-likeness (QED) is 0.814. The summed E-state index contributed by atoms with van der Waals surface area (Å²) >= 11 is 0. The van der Waals surface area contributed by atoms with E-state index in [-0.39, 0.29) is 24.2 Å². The lowest BCUT2D eigenvalue weighted by Crippen LogP contribution is -2.66. The molecule has 0 saturated carbocycles. The zero-order chi connectivity index (χ0) is 16.4. The minimum Gasteiger partial charge on any atom is -0.371 e. The van der Waals surface area contributed by atoms with Gasteiger partial charge in [0.1, 0.15) is 12.2 Å². The summed E-state index contributed by atoms with van der Waals surface area (Å²) in [5.74, 6) is 0.875. The van der Waals surface area contributed by atoms with E-state index in [9.17, 15) is 4.79 Å². The van der Waals surface area contributed by atoms with Crippen LogP contribution in [0.5, 0.6) is 0 Å². The number of aromatic nitrogens is 2. The molecule has 1 aromatic heterocycles. The van der Waals surface area contributed by atoms with E-state index in [1.54, 1.807) is 12.4 Å². The van der Waals surface area contributed by atoms with Gasteiger partial charge in [0.2, 0.25) is 11.9 Å². The van der Waals surface area contributed by atoms with Crippen LogP contribution in [0.15, 0.2) is 18.5 Å². The van der Waals surface area contributed by atoms with E-state index < -0.39 is 0 Å². The van der Waals surface area contributed by atoms with Gasteiger partial charge in [0.25, 0.3) is 0 Å². The molecular formula is C17H24N4O3. The molecule has 0 aromatic carbocycles. The van der Waals surface area contributed by atoms with Crippen molar-refractivity contribution < 1.29 is 14.3 Å². The highest BCUT2D eigenvalue weighted by atomic mass is 16.5. The first-order valence-corrected chi connectivity index (χ1v) is 8.79. The van der Waals surface area contributed by atoms with Gasteiger partial charge in [-0.25, -0.2) is 9.97 Å². The van der Waals surface area contributed by atoms with Crippen molar-refractivity contribution in [3.63, 3.8) is 0 Å². The summed E-state index contributed by atoms with van der Waals surface area (Å²) in [4.78, 5) is 24.7. The minimum absolute atomic E-state index is 0.101. The first-order chi connectivity index (χ1) is 11.7. The Bertz CT molecular complexity index is 570. The molecule has 3 saturated heterocycles. The summed E-state index contributed by atoms with van der Waals surface area (Å²) in [6.07, 6.45) is 7.53. The molecule has 7 heteroatoms. The number of ether oxygens (including phenoxy) is 2. The van der Waals surface area contributed by atoms with Gasteiger partial charge in [0.15, 0.2) is 0 Å². The molecule has 3 aliphatic heterocycles. The number of hydrogen-bond acceptors (Lipinski definition) is 6. The molecule has 0 aliphatic carbocycles. The van der Waals surface area contributed by atoms with Crippen molar-refractivity contribution in [3.05, 3.63) is 18.5 Å². The first kappa shape index (κ1) is 15.8. The summed E-state index contributed by atoms with van der Waals surface area (Å²) in [5, 5.41) is 0. The molecule has 1 aromatic rings. The second kappa shape index (κ2) is 6.64. The summed E-state index contributed by atoms with van der Waals surface area (Å²) in [5.41, 5.74) is -0.168. The van der Waals surface area contributed by atoms with E-state index in [0.717, 1.165) is 57.8 Å². The number of likely N-dealkylation sites (tertiary alicyclic amines) is 1. The second-order valence-corrected chi connectivity index (χ2v) is 6.95. The Labute approximate surface area is 142 Å². The lowest BCUT2D eigenvalue weighted by molar-refractivity contribution is -0.157. The number of rotatable bonds is 4. The first-order valence-electron chi connectivity index (χ1n) is 8.79. The van der Waals surface area contributed by atoms with Crippen LogP contribution in [-0.2, 0) is 14.3 Å². The Kier molecular flexibility index (Phi) is 4.37. The van der Waals surface area contributed by atoms with E-state index in [4.69, 9.17) is 9.47 Å². The van der Waals surface area contributed by atoms with Crippen molar-refractivity contribution >= 4 is 11.9 Å². The number of nitrogens with zero attached hydrogens (tertiary/aromatic N) is 4. The summed E-state index contributed by atoms with van der Waals surface area (Å²) < 4.78 is 11.9. The zero-order valence-corrected chi connectivity index (χ0v) is 13.9. The molecule has 0 radical (unpaired) electrons. The fourth-order valence-electron chi connectivity index (χ4n) is 3.84. The Hall–Kier alpha value is -1.73. The lowest BCUT2D eigenvalue weighted by Gasteiger charge is -2.52. The van der Waals surface area contributed by atoms with Crippen molar-refractivity contribution in [2.75, 3.05) is 44.3 Å². The molecule has 1 amide bonds. The standard InChI is InChI=1S/C17H24N4O3/c22-15(20-7-1-2-8-20)11-23-14-4-9-24-17(10-14)12-21(13-17)16-18-5-3-6-19-16/h3,5-6,14H,1-2,4,7-13H2/t14-/m1/s1. The highest BCUT2D eigenvalue weighted by Gasteiger charge is 2.48. The highest BCUT2D eigenvalue weighted by molar-refractivity contribution is 5.77. The smallest absolute Gasteiger partial charge is 0.248 e. The number of amides is 1. The molecule has 0 bridgehead atoms. The van der Waals surface area contributed by atoms with Gasteiger partial charge in [-0.05, 0) is 25.3 Å². The van der Waals surface area contributed by atoms with Crippen LogP contribution in [0, 0.1) is 0 Å². The Balaban J connectivity index is 1.26. The maximum absolute atomic E-state index is 12.1. The number of hydrogen-bond donors (Lipinski definition) is 0. The predicted octanol–water partition coefficient (Wildman–Crippen LogP) is 0.853. The Morgan fingerprint density at radius 2 is 2.04 bits per heavy atom. The van der Waals surface area contributed by atoms with Crippen molar-refractivity contribution in [1.82, 2.24) is 14.9 Å².